The molecule has 2 N–H and O–H groups in total. The lowest BCUT2D eigenvalue weighted by Crippen LogP contribution is -2.36. The number of nitrogens with zero attached hydrogens (tertiary/aromatic N) is 2. The van der Waals surface area contributed by atoms with Crippen LogP contribution in [0.2, 0.25) is 0 Å². The maximum absolute atomic E-state index is 11.8. The summed E-state index contributed by atoms with van der Waals surface area (Å²) in [7, 11) is -0.937. The van der Waals surface area contributed by atoms with E-state index in [9.17, 15) is 9.00 Å². The number of carbonyl (C=O) groups excluding carboxylic acids is 1. The molecule has 1 aromatic heterocycles. The first-order valence-electron chi connectivity index (χ1n) is 6.19. The molecule has 1 heterocycles. The third kappa shape index (κ3) is 5.78. The van der Waals surface area contributed by atoms with E-state index in [4.69, 9.17) is 0 Å². The minimum absolute atomic E-state index is 0.155. The van der Waals surface area contributed by atoms with Gasteiger partial charge in [-0.15, -0.1) is 0 Å². The van der Waals surface area contributed by atoms with Crippen LogP contribution >= 0.6 is 0 Å². The van der Waals surface area contributed by atoms with Gasteiger partial charge in [0.2, 0.25) is 0 Å². The Kier molecular flexibility index (Phi) is 6.41. The normalized spacial score (nSPS) is 13.6. The molecule has 0 saturated carbocycles. The van der Waals surface area contributed by atoms with Crippen LogP contribution in [0.25, 0.3) is 0 Å². The second-order valence-corrected chi connectivity index (χ2v) is 5.81. The third-order valence-electron chi connectivity index (χ3n) is 2.30. The van der Waals surface area contributed by atoms with Gasteiger partial charge in [-0.25, -0.2) is 9.97 Å². The van der Waals surface area contributed by atoms with Crippen molar-refractivity contribution >= 4 is 22.5 Å². The molecular formula is C12H20N4O2S. The van der Waals surface area contributed by atoms with Crippen LogP contribution in [0.5, 0.6) is 0 Å². The quantitative estimate of drug-likeness (QED) is 0.773. The van der Waals surface area contributed by atoms with E-state index in [1.165, 1.54) is 12.4 Å². The number of carbonyl (C=O) groups is 1. The predicted octanol–water partition coefficient (Wildman–Crippen LogP) is 0.795. The third-order valence-corrected chi connectivity index (χ3v) is 3.27. The first kappa shape index (κ1) is 15.6. The van der Waals surface area contributed by atoms with Crippen LogP contribution in [0.4, 0.5) is 5.82 Å². The summed E-state index contributed by atoms with van der Waals surface area (Å²) < 4.78 is 11.0. The van der Waals surface area contributed by atoms with Gasteiger partial charge in [-0.2, -0.15) is 0 Å². The Hall–Kier alpha value is -1.50. The smallest absolute Gasteiger partial charge is 0.271 e. The van der Waals surface area contributed by atoms with Crippen molar-refractivity contribution in [2.24, 2.45) is 0 Å². The molecule has 2 unspecified atom stereocenters. The summed E-state index contributed by atoms with van der Waals surface area (Å²) >= 11 is 0. The average molecular weight is 284 g/mol. The number of anilines is 1. The molecule has 0 aliphatic rings. The molecule has 1 aromatic rings. The van der Waals surface area contributed by atoms with Crippen molar-refractivity contribution < 1.29 is 9.00 Å². The summed E-state index contributed by atoms with van der Waals surface area (Å²) in [6, 6.07) is -0.155. The summed E-state index contributed by atoms with van der Waals surface area (Å²) in [5.41, 5.74) is 0.260. The van der Waals surface area contributed by atoms with Gasteiger partial charge in [0.05, 0.1) is 12.4 Å². The van der Waals surface area contributed by atoms with Gasteiger partial charge >= 0.3 is 0 Å². The molecule has 6 nitrogen and oxygen atoms in total. The van der Waals surface area contributed by atoms with Crippen molar-refractivity contribution in [3.63, 3.8) is 0 Å². The topological polar surface area (TPSA) is 84.0 Å². The summed E-state index contributed by atoms with van der Waals surface area (Å²) in [5, 5.41) is 5.82. The Labute approximate surface area is 115 Å². The maximum atomic E-state index is 11.8. The van der Waals surface area contributed by atoms with Crippen LogP contribution in [0, 0.1) is 0 Å². The Morgan fingerprint density at radius 2 is 2.16 bits per heavy atom. The van der Waals surface area contributed by atoms with E-state index in [2.05, 4.69) is 27.5 Å². The number of rotatable bonds is 7. The van der Waals surface area contributed by atoms with Crippen LogP contribution in [0.15, 0.2) is 12.4 Å². The molecule has 0 radical (unpaired) electrons. The molecule has 0 aliphatic heterocycles. The monoisotopic (exact) mass is 284 g/mol. The number of amides is 1. The molecule has 19 heavy (non-hydrogen) atoms. The highest BCUT2D eigenvalue weighted by Crippen LogP contribution is 2.01. The Balaban J connectivity index is 2.55. The molecule has 0 fully saturated rings. The first-order valence-corrected chi connectivity index (χ1v) is 7.92. The van der Waals surface area contributed by atoms with Crippen molar-refractivity contribution in [3.05, 3.63) is 18.1 Å². The van der Waals surface area contributed by atoms with Gasteiger partial charge in [0, 0.05) is 35.4 Å². The predicted molar refractivity (Wildman–Crippen MR) is 76.7 cm³/mol. The van der Waals surface area contributed by atoms with Crippen LogP contribution in [0.1, 0.15) is 30.8 Å². The standard InChI is InChI=1S/C12H20N4O2S/c1-4-5-13-11-7-14-10(6-15-11)12(17)16-9(2)8-19(3)18/h6-7,9H,4-5,8H2,1-3H3,(H,13,15)(H,16,17). The summed E-state index contributed by atoms with van der Waals surface area (Å²) in [6.45, 7) is 4.69. The van der Waals surface area contributed by atoms with Crippen molar-refractivity contribution in [3.8, 4) is 0 Å². The van der Waals surface area contributed by atoms with E-state index in [1.54, 1.807) is 6.26 Å². The lowest BCUT2D eigenvalue weighted by atomic mass is 10.3. The lowest BCUT2D eigenvalue weighted by Gasteiger charge is -2.11. The molecule has 0 aliphatic carbocycles. The van der Waals surface area contributed by atoms with Crippen LogP contribution in [-0.2, 0) is 10.8 Å². The minimum Gasteiger partial charge on any atom is -0.369 e. The van der Waals surface area contributed by atoms with Gasteiger partial charge in [0.15, 0.2) is 0 Å². The number of aromatic nitrogens is 2. The van der Waals surface area contributed by atoms with Crippen LogP contribution in [-0.4, -0.2) is 44.7 Å². The molecule has 0 saturated heterocycles. The van der Waals surface area contributed by atoms with Gasteiger partial charge in [-0.05, 0) is 13.3 Å². The minimum atomic E-state index is -0.937. The van der Waals surface area contributed by atoms with E-state index in [0.717, 1.165) is 13.0 Å². The average Bonchev–Trinajstić information content (AvgIpc) is 2.35. The van der Waals surface area contributed by atoms with Crippen LogP contribution in [0.3, 0.4) is 0 Å². The zero-order chi connectivity index (χ0) is 14.3. The Morgan fingerprint density at radius 3 is 2.68 bits per heavy atom. The highest BCUT2D eigenvalue weighted by Gasteiger charge is 2.12. The molecule has 2 atom stereocenters. The van der Waals surface area contributed by atoms with Crippen molar-refractivity contribution in [1.29, 1.82) is 0 Å². The van der Waals surface area contributed by atoms with Crippen molar-refractivity contribution in [2.45, 2.75) is 26.3 Å². The fourth-order valence-corrected chi connectivity index (χ4v) is 2.27. The fourth-order valence-electron chi connectivity index (χ4n) is 1.48. The zero-order valence-electron chi connectivity index (χ0n) is 11.5. The van der Waals surface area contributed by atoms with Gasteiger partial charge in [-0.1, -0.05) is 6.92 Å². The van der Waals surface area contributed by atoms with Gasteiger partial charge in [0.25, 0.3) is 5.91 Å². The van der Waals surface area contributed by atoms with Gasteiger partial charge in [0.1, 0.15) is 11.5 Å². The molecule has 0 bridgehead atoms. The van der Waals surface area contributed by atoms with Gasteiger partial charge < -0.3 is 10.6 Å². The Morgan fingerprint density at radius 1 is 1.42 bits per heavy atom. The van der Waals surface area contributed by atoms with E-state index in [1.807, 2.05) is 6.92 Å². The summed E-state index contributed by atoms with van der Waals surface area (Å²) in [6.07, 6.45) is 5.57. The molecule has 1 amide bonds. The van der Waals surface area contributed by atoms with Crippen molar-refractivity contribution in [1.82, 2.24) is 15.3 Å². The highest BCUT2D eigenvalue weighted by atomic mass is 32.2. The van der Waals surface area contributed by atoms with Crippen LogP contribution < -0.4 is 10.6 Å². The number of hydrogen-bond donors (Lipinski definition) is 2. The van der Waals surface area contributed by atoms with E-state index in [-0.39, 0.29) is 17.6 Å². The van der Waals surface area contributed by atoms with E-state index in [0.29, 0.717) is 11.6 Å². The van der Waals surface area contributed by atoms with E-state index < -0.39 is 10.8 Å². The fraction of sp³-hybridized carbons (Fsp3) is 0.583. The molecule has 0 spiro atoms. The lowest BCUT2D eigenvalue weighted by molar-refractivity contribution is 0.0938. The first-order chi connectivity index (χ1) is 9.02. The summed E-state index contributed by atoms with van der Waals surface area (Å²) in [5.74, 6) is 0.781. The maximum Gasteiger partial charge on any atom is 0.271 e. The second kappa shape index (κ2) is 7.83. The largest absolute Gasteiger partial charge is 0.369 e. The molecular weight excluding hydrogens is 264 g/mol. The van der Waals surface area contributed by atoms with Gasteiger partial charge in [-0.3, -0.25) is 9.00 Å². The second-order valence-electron chi connectivity index (χ2n) is 4.33. The molecule has 0 aromatic carbocycles. The zero-order valence-corrected chi connectivity index (χ0v) is 12.3. The number of nitrogens with one attached hydrogen (secondary N) is 2. The molecule has 106 valence electrons. The molecule has 7 heteroatoms. The molecule has 1 rings (SSSR count). The van der Waals surface area contributed by atoms with Crippen molar-refractivity contribution in [2.75, 3.05) is 23.9 Å². The highest BCUT2D eigenvalue weighted by molar-refractivity contribution is 7.84. The SMILES string of the molecule is CCCNc1cnc(C(=O)NC(C)CS(C)=O)cn1. The van der Waals surface area contributed by atoms with E-state index >= 15 is 0 Å². The Bertz CT molecular complexity index is 436. The summed E-state index contributed by atoms with van der Waals surface area (Å²) in [4.78, 5) is 20.0. The number of hydrogen-bond acceptors (Lipinski definition) is 5.